The highest BCUT2D eigenvalue weighted by Crippen LogP contribution is 2.57. The average molecular weight is 655 g/mol. The number of ether oxygens (including phenoxy) is 2. The summed E-state index contributed by atoms with van der Waals surface area (Å²) in [4.78, 5) is 55.8. The second kappa shape index (κ2) is 17.6. The Kier molecular flexibility index (Phi) is 14.3. The van der Waals surface area contributed by atoms with Crippen molar-refractivity contribution in [2.45, 2.75) is 59.3 Å². The quantitative estimate of drug-likeness (QED) is 0.0770. The fourth-order valence-electron chi connectivity index (χ4n) is 5.22. The van der Waals surface area contributed by atoms with Crippen molar-refractivity contribution in [3.05, 3.63) is 91.4 Å². The van der Waals surface area contributed by atoms with Crippen LogP contribution in [0.4, 0.5) is 0 Å². The van der Waals surface area contributed by atoms with Gasteiger partial charge in [0, 0.05) is 16.4 Å². The first-order valence-corrected chi connectivity index (χ1v) is 19.2. The van der Waals surface area contributed by atoms with Crippen molar-refractivity contribution in [3.8, 4) is 0 Å². The maximum absolute atomic E-state index is 14.8. The molecule has 9 heteroatoms. The molecule has 1 aliphatic rings. The van der Waals surface area contributed by atoms with E-state index in [1.54, 1.807) is 36.4 Å². The van der Waals surface area contributed by atoms with Crippen LogP contribution in [0.1, 0.15) is 80.0 Å². The fraction of sp³-hybridized carbons (Fsp3) is 0.400. The number of Topliss-reactive ketones (excluding diaryl/α,β-unsaturated/α-hetero) is 2. The average Bonchev–Trinajstić information content (AvgIpc) is 3.51. The van der Waals surface area contributed by atoms with E-state index in [9.17, 15) is 19.2 Å². The Hall–Kier alpha value is -2.80. The van der Waals surface area contributed by atoms with Crippen molar-refractivity contribution < 1.29 is 28.7 Å². The molecule has 0 saturated heterocycles. The molecular formula is C35H43O6PS2. The number of allylic oxidation sites excluding steroid dienone is 1. The Labute approximate surface area is 270 Å². The second-order valence-corrected chi connectivity index (χ2v) is 17.0. The normalized spacial score (nSPS) is 14.3. The third kappa shape index (κ3) is 8.47. The van der Waals surface area contributed by atoms with Crippen LogP contribution in [0.15, 0.2) is 80.3 Å². The highest BCUT2D eigenvalue weighted by atomic mass is 32.2. The van der Waals surface area contributed by atoms with Crippen LogP contribution < -0.4 is 0 Å². The largest absolute Gasteiger partial charge is 0.465 e. The van der Waals surface area contributed by atoms with Gasteiger partial charge in [-0.15, -0.1) is 0 Å². The highest BCUT2D eigenvalue weighted by molar-refractivity contribution is 8.29. The second-order valence-electron chi connectivity index (χ2n) is 10.6. The highest BCUT2D eigenvalue weighted by Gasteiger charge is 2.40. The number of carbonyl (C=O) groups excluding carboxylic acids is 4. The molecule has 2 aromatic rings. The van der Waals surface area contributed by atoms with Gasteiger partial charge in [0.15, 0.2) is 5.78 Å². The molecule has 0 fully saturated rings. The van der Waals surface area contributed by atoms with Gasteiger partial charge in [0.1, 0.15) is 4.91 Å². The van der Waals surface area contributed by atoms with Crippen molar-refractivity contribution in [1.29, 1.82) is 0 Å². The Bertz CT molecular complexity index is 1430. The van der Waals surface area contributed by atoms with E-state index >= 15 is 0 Å². The Balaban J connectivity index is 2.43. The molecule has 0 aliphatic carbocycles. The molecular weight excluding hydrogens is 611 g/mol. The zero-order valence-electron chi connectivity index (χ0n) is 26.4. The summed E-state index contributed by atoms with van der Waals surface area (Å²) in [6.07, 6.45) is 8.20. The van der Waals surface area contributed by atoms with E-state index in [2.05, 4.69) is 20.8 Å². The molecule has 0 saturated carbocycles. The standard InChI is InChI=1S/C35H43O6PS2/c1-6-9-22-42(23-10-7-2,24-11-8-3)30(28(36)25-18-14-12-15-19-25)27(33(38)40-4)35-43-31(32(44-35)34(39)41-5)29(37)26-20-16-13-17-21-26/h12-21H,6-11,22-24H2,1-5H3/b35-27+. The molecule has 0 bridgehead atoms. The Morgan fingerprint density at radius 2 is 1.14 bits per heavy atom. The van der Waals surface area contributed by atoms with Gasteiger partial charge in [-0.05, 0) is 37.7 Å². The summed E-state index contributed by atoms with van der Waals surface area (Å²) < 4.78 is 10.9. The van der Waals surface area contributed by atoms with Gasteiger partial charge < -0.3 is 9.47 Å². The van der Waals surface area contributed by atoms with Gasteiger partial charge in [0.25, 0.3) is 0 Å². The first kappa shape index (κ1) is 35.7. The molecule has 6 nitrogen and oxygen atoms in total. The molecule has 236 valence electrons. The number of carbonyl (C=O) groups is 4. The lowest BCUT2D eigenvalue weighted by molar-refractivity contribution is -0.136. The van der Waals surface area contributed by atoms with Crippen LogP contribution in [0.5, 0.6) is 0 Å². The lowest BCUT2D eigenvalue weighted by Gasteiger charge is -2.32. The zero-order valence-corrected chi connectivity index (χ0v) is 28.9. The molecule has 0 amide bonds. The van der Waals surface area contributed by atoms with Gasteiger partial charge in [-0.25, -0.2) is 9.59 Å². The number of esters is 2. The van der Waals surface area contributed by atoms with Crippen molar-refractivity contribution in [2.24, 2.45) is 0 Å². The molecule has 1 aliphatic heterocycles. The van der Waals surface area contributed by atoms with E-state index in [1.165, 1.54) is 14.2 Å². The number of thioether (sulfide) groups is 2. The predicted molar refractivity (Wildman–Crippen MR) is 186 cm³/mol. The summed E-state index contributed by atoms with van der Waals surface area (Å²) in [7, 11) is 2.58. The maximum Gasteiger partial charge on any atom is 0.346 e. The molecule has 0 atom stereocenters. The lowest BCUT2D eigenvalue weighted by atomic mass is 10.0. The smallest absolute Gasteiger partial charge is 0.346 e. The van der Waals surface area contributed by atoms with Gasteiger partial charge >= 0.3 is 11.9 Å². The summed E-state index contributed by atoms with van der Waals surface area (Å²) in [5.74, 6) is -1.83. The zero-order chi connectivity index (χ0) is 32.1. The SMILES string of the molecule is CCCCP(CCCC)(CCCC)=C(C(=O)c1ccccc1)/C(C(=O)OC)=C1\SC(C(=O)OC)=C(C(=O)c2ccccc2)S1. The molecule has 2 aromatic carbocycles. The van der Waals surface area contributed by atoms with Gasteiger partial charge in [-0.1, -0.05) is 131 Å². The number of hydrogen-bond acceptors (Lipinski definition) is 8. The number of methoxy groups -OCH3 is 2. The van der Waals surface area contributed by atoms with E-state index in [0.29, 0.717) is 20.7 Å². The number of hydrogen-bond donors (Lipinski definition) is 0. The fourth-order valence-corrected chi connectivity index (χ4v) is 13.3. The third-order valence-corrected chi connectivity index (χ3v) is 15.1. The van der Waals surface area contributed by atoms with Crippen LogP contribution in [0.2, 0.25) is 0 Å². The molecule has 0 aromatic heterocycles. The number of unbranched alkanes of at least 4 members (excludes halogenated alkanes) is 3. The van der Waals surface area contributed by atoms with Crippen molar-refractivity contribution >= 4 is 59.2 Å². The van der Waals surface area contributed by atoms with Gasteiger partial charge in [-0.2, -0.15) is 0 Å². The molecule has 0 spiro atoms. The number of ketones is 2. The summed E-state index contributed by atoms with van der Waals surface area (Å²) in [5.41, 5.74) is 1.11. The van der Waals surface area contributed by atoms with E-state index in [0.717, 1.165) is 80.5 Å². The van der Waals surface area contributed by atoms with E-state index in [4.69, 9.17) is 9.47 Å². The molecule has 0 radical (unpaired) electrons. The molecule has 44 heavy (non-hydrogen) atoms. The van der Waals surface area contributed by atoms with Crippen LogP contribution in [0.25, 0.3) is 0 Å². The number of rotatable bonds is 16. The first-order valence-electron chi connectivity index (χ1n) is 15.2. The van der Waals surface area contributed by atoms with Crippen LogP contribution in [0, 0.1) is 0 Å². The lowest BCUT2D eigenvalue weighted by Crippen LogP contribution is -2.28. The van der Waals surface area contributed by atoms with Crippen LogP contribution in [-0.2, 0) is 19.1 Å². The summed E-state index contributed by atoms with van der Waals surface area (Å²) >= 11 is 2.09. The summed E-state index contributed by atoms with van der Waals surface area (Å²) in [5, 5.41) is 0.526. The monoisotopic (exact) mass is 654 g/mol. The van der Waals surface area contributed by atoms with Gasteiger partial charge in [0.05, 0.1) is 28.9 Å². The van der Waals surface area contributed by atoms with Crippen LogP contribution in [-0.4, -0.2) is 61.5 Å². The minimum atomic E-state index is -2.24. The minimum Gasteiger partial charge on any atom is -0.465 e. The number of benzene rings is 2. The minimum absolute atomic E-state index is 0.105. The van der Waals surface area contributed by atoms with E-state index in [-0.39, 0.29) is 26.9 Å². The molecule has 0 N–H and O–H groups in total. The first-order chi connectivity index (χ1) is 21.3. The third-order valence-electron chi connectivity index (χ3n) is 7.58. The van der Waals surface area contributed by atoms with Crippen LogP contribution >= 0.6 is 30.4 Å². The van der Waals surface area contributed by atoms with Crippen molar-refractivity contribution in [1.82, 2.24) is 0 Å². The van der Waals surface area contributed by atoms with Gasteiger partial charge in [-0.3, -0.25) is 9.59 Å². The predicted octanol–water partition coefficient (Wildman–Crippen LogP) is 8.59. The molecule has 1 heterocycles. The van der Waals surface area contributed by atoms with Crippen molar-refractivity contribution in [3.63, 3.8) is 0 Å². The maximum atomic E-state index is 14.8. The molecule has 0 unspecified atom stereocenters. The van der Waals surface area contributed by atoms with E-state index < -0.39 is 18.8 Å². The van der Waals surface area contributed by atoms with Gasteiger partial charge in [0.2, 0.25) is 5.78 Å². The molecule has 3 rings (SSSR count). The topological polar surface area (TPSA) is 86.7 Å². The Morgan fingerprint density at radius 1 is 0.659 bits per heavy atom. The summed E-state index contributed by atoms with van der Waals surface area (Å²) in [6, 6.07) is 17.8. The summed E-state index contributed by atoms with van der Waals surface area (Å²) in [6.45, 7) is 4.18. The van der Waals surface area contributed by atoms with Crippen LogP contribution in [0.3, 0.4) is 0 Å². The van der Waals surface area contributed by atoms with E-state index in [1.807, 2.05) is 24.3 Å². The Morgan fingerprint density at radius 3 is 1.59 bits per heavy atom. The van der Waals surface area contributed by atoms with Crippen molar-refractivity contribution in [2.75, 3.05) is 32.7 Å².